The lowest BCUT2D eigenvalue weighted by Crippen LogP contribution is -2.32. The molecule has 0 aliphatic carbocycles. The number of nitrogens with zero attached hydrogens (tertiary/aromatic N) is 2. The highest BCUT2D eigenvalue weighted by Crippen LogP contribution is 2.18. The second-order valence-corrected chi connectivity index (χ2v) is 4.81. The van der Waals surface area contributed by atoms with Crippen LogP contribution in [-0.4, -0.2) is 16.8 Å². The fraction of sp³-hybridized carbons (Fsp3) is 0.200. The normalized spacial score (nSPS) is 10.5. The minimum atomic E-state index is -0.713. The molecule has 1 heterocycles. The molecule has 1 aromatic heterocycles. The van der Waals surface area contributed by atoms with Crippen LogP contribution in [0.5, 0.6) is 0 Å². The summed E-state index contributed by atoms with van der Waals surface area (Å²) in [5.74, 6) is -1.67. The number of carbonyl (C=O) groups excluding carboxylic acids is 1. The second kappa shape index (κ2) is 6.63. The summed E-state index contributed by atoms with van der Waals surface area (Å²) in [7, 11) is 0. The van der Waals surface area contributed by atoms with Gasteiger partial charge in [0, 0.05) is 17.8 Å². The maximum atomic E-state index is 13.7. The molecule has 0 atom stereocenters. The van der Waals surface area contributed by atoms with Gasteiger partial charge in [-0.15, -0.1) is 11.6 Å². The van der Waals surface area contributed by atoms with Crippen LogP contribution in [0, 0.1) is 18.6 Å². The van der Waals surface area contributed by atoms with Crippen molar-refractivity contribution >= 4 is 23.3 Å². The van der Waals surface area contributed by atoms with Gasteiger partial charge in [0.15, 0.2) is 0 Å². The predicted molar refractivity (Wildman–Crippen MR) is 77.2 cm³/mol. The Hall–Kier alpha value is -2.01. The van der Waals surface area contributed by atoms with Gasteiger partial charge < -0.3 is 0 Å². The maximum Gasteiger partial charge on any atom is 0.243 e. The maximum absolute atomic E-state index is 13.7. The third-order valence-corrected chi connectivity index (χ3v) is 3.16. The lowest BCUT2D eigenvalue weighted by molar-refractivity contribution is -0.116. The predicted octanol–water partition coefficient (Wildman–Crippen LogP) is 3.44. The fourth-order valence-corrected chi connectivity index (χ4v) is 1.95. The summed E-state index contributed by atoms with van der Waals surface area (Å²) in [6.07, 6.45) is 1.60. The van der Waals surface area contributed by atoms with E-state index in [1.54, 1.807) is 18.3 Å². The van der Waals surface area contributed by atoms with Crippen molar-refractivity contribution < 1.29 is 13.6 Å². The molecule has 1 aromatic carbocycles. The summed E-state index contributed by atoms with van der Waals surface area (Å²) < 4.78 is 26.6. The van der Waals surface area contributed by atoms with E-state index in [4.69, 9.17) is 11.6 Å². The van der Waals surface area contributed by atoms with E-state index in [9.17, 15) is 13.6 Å². The van der Waals surface area contributed by atoms with Crippen LogP contribution in [0.4, 0.5) is 14.6 Å². The van der Waals surface area contributed by atoms with E-state index in [-0.39, 0.29) is 18.0 Å². The van der Waals surface area contributed by atoms with Gasteiger partial charge >= 0.3 is 0 Å². The molecule has 2 rings (SSSR count). The minimum absolute atomic E-state index is 0.0618. The monoisotopic (exact) mass is 310 g/mol. The molecule has 1 amide bonds. The van der Waals surface area contributed by atoms with E-state index in [2.05, 4.69) is 4.98 Å². The molecule has 0 spiro atoms. The van der Waals surface area contributed by atoms with E-state index in [1.165, 1.54) is 11.0 Å². The van der Waals surface area contributed by atoms with Crippen LogP contribution in [-0.2, 0) is 11.3 Å². The molecule has 0 aliphatic heterocycles. The van der Waals surface area contributed by atoms with Gasteiger partial charge in [-0.1, -0.05) is 12.1 Å². The zero-order chi connectivity index (χ0) is 15.4. The highest BCUT2D eigenvalue weighted by Gasteiger charge is 2.18. The van der Waals surface area contributed by atoms with Gasteiger partial charge in [-0.2, -0.15) is 0 Å². The summed E-state index contributed by atoms with van der Waals surface area (Å²) in [5.41, 5.74) is 1.13. The Morgan fingerprint density at radius 1 is 1.29 bits per heavy atom. The van der Waals surface area contributed by atoms with E-state index >= 15 is 0 Å². The average molecular weight is 311 g/mol. The molecule has 110 valence electrons. The lowest BCUT2D eigenvalue weighted by Gasteiger charge is -2.21. The van der Waals surface area contributed by atoms with Crippen LogP contribution in [0.15, 0.2) is 36.5 Å². The van der Waals surface area contributed by atoms with Crippen LogP contribution in [0.3, 0.4) is 0 Å². The fourth-order valence-electron chi connectivity index (χ4n) is 1.81. The Morgan fingerprint density at radius 2 is 2.05 bits per heavy atom. The lowest BCUT2D eigenvalue weighted by atomic mass is 10.2. The van der Waals surface area contributed by atoms with Crippen LogP contribution < -0.4 is 4.90 Å². The third kappa shape index (κ3) is 3.76. The van der Waals surface area contributed by atoms with Crippen molar-refractivity contribution in [3.05, 3.63) is 59.3 Å². The number of rotatable bonds is 4. The van der Waals surface area contributed by atoms with E-state index in [1.807, 2.05) is 6.92 Å². The van der Waals surface area contributed by atoms with Crippen LogP contribution in [0.25, 0.3) is 0 Å². The number of pyridine rings is 1. The SMILES string of the molecule is Cc1ccc(N(Cc2ccc(F)cc2F)C(=O)CCl)nc1. The summed E-state index contributed by atoms with van der Waals surface area (Å²) in [4.78, 5) is 17.3. The molecule has 0 N–H and O–H groups in total. The zero-order valence-electron chi connectivity index (χ0n) is 11.3. The Kier molecular flexibility index (Phi) is 4.85. The number of aryl methyl sites for hydroxylation is 1. The number of hydrogen-bond donors (Lipinski definition) is 0. The summed E-state index contributed by atoms with van der Waals surface area (Å²) in [6.45, 7) is 1.80. The number of carbonyl (C=O) groups is 1. The highest BCUT2D eigenvalue weighted by molar-refractivity contribution is 6.29. The molecule has 0 bridgehead atoms. The van der Waals surface area contributed by atoms with Crippen molar-refractivity contribution in [3.63, 3.8) is 0 Å². The Balaban J connectivity index is 2.32. The largest absolute Gasteiger partial charge is 0.291 e. The topological polar surface area (TPSA) is 33.2 Å². The van der Waals surface area contributed by atoms with Crippen molar-refractivity contribution in [2.24, 2.45) is 0 Å². The molecular weight excluding hydrogens is 298 g/mol. The number of halogens is 3. The molecule has 0 unspecified atom stereocenters. The number of aromatic nitrogens is 1. The molecule has 0 fully saturated rings. The van der Waals surface area contributed by atoms with Crippen molar-refractivity contribution in [2.45, 2.75) is 13.5 Å². The Labute approximate surface area is 126 Å². The molecule has 21 heavy (non-hydrogen) atoms. The van der Waals surface area contributed by atoms with E-state index < -0.39 is 17.5 Å². The first-order valence-electron chi connectivity index (χ1n) is 6.24. The van der Waals surface area contributed by atoms with Gasteiger partial charge in [0.25, 0.3) is 0 Å². The first kappa shape index (κ1) is 15.4. The van der Waals surface area contributed by atoms with Crippen molar-refractivity contribution in [1.82, 2.24) is 4.98 Å². The van der Waals surface area contributed by atoms with Crippen molar-refractivity contribution in [1.29, 1.82) is 0 Å². The molecule has 0 saturated heterocycles. The molecule has 0 aliphatic rings. The summed E-state index contributed by atoms with van der Waals surface area (Å²) >= 11 is 5.59. The van der Waals surface area contributed by atoms with Gasteiger partial charge in [0.1, 0.15) is 23.3 Å². The smallest absolute Gasteiger partial charge is 0.243 e. The van der Waals surface area contributed by atoms with Gasteiger partial charge in [-0.25, -0.2) is 13.8 Å². The molecule has 2 aromatic rings. The number of hydrogen-bond acceptors (Lipinski definition) is 2. The molecule has 3 nitrogen and oxygen atoms in total. The van der Waals surface area contributed by atoms with Gasteiger partial charge in [-0.3, -0.25) is 9.69 Å². The van der Waals surface area contributed by atoms with Crippen molar-refractivity contribution in [2.75, 3.05) is 10.8 Å². The molecule has 0 radical (unpaired) electrons. The minimum Gasteiger partial charge on any atom is -0.291 e. The first-order chi connectivity index (χ1) is 10.0. The Bertz CT molecular complexity index is 647. The first-order valence-corrected chi connectivity index (χ1v) is 6.77. The van der Waals surface area contributed by atoms with Crippen LogP contribution >= 0.6 is 11.6 Å². The van der Waals surface area contributed by atoms with Crippen LogP contribution in [0.2, 0.25) is 0 Å². The summed E-state index contributed by atoms with van der Waals surface area (Å²) in [5, 5.41) is 0. The quantitative estimate of drug-likeness (QED) is 0.811. The van der Waals surface area contributed by atoms with E-state index in [0.29, 0.717) is 5.82 Å². The summed E-state index contributed by atoms with van der Waals surface area (Å²) in [6, 6.07) is 6.66. The van der Waals surface area contributed by atoms with Gasteiger partial charge in [0.2, 0.25) is 5.91 Å². The molecule has 0 saturated carbocycles. The molecule has 6 heteroatoms. The van der Waals surface area contributed by atoms with Crippen LogP contribution in [0.1, 0.15) is 11.1 Å². The highest BCUT2D eigenvalue weighted by atomic mass is 35.5. The number of benzene rings is 1. The zero-order valence-corrected chi connectivity index (χ0v) is 12.1. The average Bonchev–Trinajstić information content (AvgIpc) is 2.47. The second-order valence-electron chi connectivity index (χ2n) is 4.54. The van der Waals surface area contributed by atoms with E-state index in [0.717, 1.165) is 17.7 Å². The molecular formula is C15H13ClF2N2O. The van der Waals surface area contributed by atoms with Crippen molar-refractivity contribution in [3.8, 4) is 0 Å². The van der Waals surface area contributed by atoms with Gasteiger partial charge in [0.05, 0.1) is 6.54 Å². The number of alkyl halides is 1. The number of anilines is 1. The third-order valence-electron chi connectivity index (χ3n) is 2.93. The van der Waals surface area contributed by atoms with Gasteiger partial charge in [-0.05, 0) is 24.6 Å². The Morgan fingerprint density at radius 3 is 2.62 bits per heavy atom. The standard InChI is InChI=1S/C15H13ClF2N2O/c1-10-2-5-14(19-8-10)20(15(21)7-16)9-11-3-4-12(17)6-13(11)18/h2-6,8H,7,9H2,1H3. The number of amides is 1.